The lowest BCUT2D eigenvalue weighted by molar-refractivity contribution is -0.0518. The van der Waals surface area contributed by atoms with Crippen LogP contribution >= 0.6 is 8.25 Å². The van der Waals surface area contributed by atoms with E-state index < -0.39 is 45.1 Å². The Hall–Kier alpha value is -1.42. The summed E-state index contributed by atoms with van der Waals surface area (Å²) in [6.45, 7) is 3.31. The summed E-state index contributed by atoms with van der Waals surface area (Å²) in [5.41, 5.74) is 5.56. The summed E-state index contributed by atoms with van der Waals surface area (Å²) in [6, 6.07) is 0. The lowest BCUT2D eigenvalue weighted by Crippen LogP contribution is -2.36. The van der Waals surface area contributed by atoms with Gasteiger partial charge in [-0.25, -0.2) is 4.79 Å². The zero-order valence-electron chi connectivity index (χ0n) is 12.6. The average Bonchev–Trinajstić information content (AvgIpc) is 2.73. The quantitative estimate of drug-likeness (QED) is 0.502. The summed E-state index contributed by atoms with van der Waals surface area (Å²) in [5.74, 6) is 0.0711. The summed E-state index contributed by atoms with van der Waals surface area (Å²) in [4.78, 5) is 24.3. The molecule has 23 heavy (non-hydrogen) atoms. The van der Waals surface area contributed by atoms with Crippen molar-refractivity contribution in [1.82, 2.24) is 9.55 Å². The van der Waals surface area contributed by atoms with Gasteiger partial charge in [-0.2, -0.15) is 4.98 Å². The highest BCUT2D eigenvalue weighted by atomic mass is 31.1. The molecule has 1 fully saturated rings. The third-order valence-corrected chi connectivity index (χ3v) is 3.96. The third kappa shape index (κ3) is 3.74. The van der Waals surface area contributed by atoms with E-state index >= 15 is 0 Å². The number of nitrogens with two attached hydrogens (primary N) is 1. The molecule has 0 bridgehead atoms. The zero-order valence-corrected chi connectivity index (χ0v) is 13.5. The van der Waals surface area contributed by atoms with Crippen LogP contribution in [0.2, 0.25) is 0 Å². The normalized spacial score (nSPS) is 28.3. The lowest BCUT2D eigenvalue weighted by atomic mass is 10.1. The topological polar surface area (TPSA) is 157 Å². The molecule has 1 aliphatic rings. The third-order valence-electron chi connectivity index (χ3n) is 3.59. The molecule has 5 N–H and O–H groups in total. The molecule has 0 aromatic carbocycles. The Morgan fingerprint density at radius 3 is 2.70 bits per heavy atom. The van der Waals surface area contributed by atoms with E-state index in [1.165, 1.54) is 6.20 Å². The highest BCUT2D eigenvalue weighted by Crippen LogP contribution is 2.31. The monoisotopic (exact) mass is 348 g/mol. The molecule has 2 rings (SSSR count). The molecule has 0 radical (unpaired) electrons. The van der Waals surface area contributed by atoms with Gasteiger partial charge >= 0.3 is 13.9 Å². The molecule has 0 amide bonds. The largest absolute Gasteiger partial charge is 0.694 e. The van der Waals surface area contributed by atoms with Gasteiger partial charge in [0.15, 0.2) is 6.23 Å². The van der Waals surface area contributed by atoms with Crippen LogP contribution in [0.1, 0.15) is 31.6 Å². The molecular formula is C12H19N3O7P+. The maximum Gasteiger partial charge on any atom is 0.694 e. The smallest absolute Gasteiger partial charge is 0.387 e. The second kappa shape index (κ2) is 7.00. The second-order valence-electron chi connectivity index (χ2n) is 5.51. The van der Waals surface area contributed by atoms with E-state index in [0.29, 0.717) is 5.56 Å². The summed E-state index contributed by atoms with van der Waals surface area (Å²) < 4.78 is 21.5. The predicted molar refractivity (Wildman–Crippen MR) is 78.7 cm³/mol. The van der Waals surface area contributed by atoms with Crippen molar-refractivity contribution in [2.75, 3.05) is 12.3 Å². The van der Waals surface area contributed by atoms with Crippen LogP contribution < -0.4 is 11.4 Å². The molecule has 1 saturated heterocycles. The van der Waals surface area contributed by atoms with Crippen molar-refractivity contribution in [3.63, 3.8) is 0 Å². The van der Waals surface area contributed by atoms with Crippen molar-refractivity contribution in [3.8, 4) is 0 Å². The fraction of sp³-hybridized carbons (Fsp3) is 0.667. The van der Waals surface area contributed by atoms with Gasteiger partial charge in [0.1, 0.15) is 30.7 Å². The standard InChI is InChI=1S/C12H18N3O7P/c1-5(2)6-3-15(12(18)14-10(6)13)11-9(17)8(16)7(22-11)4-21-23(19)20/h3,5,7-9,11,16-17H,4H2,1-2H3,(H2-,13,14,18,19,20)/p+1. The van der Waals surface area contributed by atoms with E-state index in [-0.39, 0.29) is 11.7 Å². The Morgan fingerprint density at radius 1 is 1.48 bits per heavy atom. The molecule has 1 aromatic rings. The van der Waals surface area contributed by atoms with Crippen LogP contribution in [0, 0.1) is 0 Å². The van der Waals surface area contributed by atoms with Crippen molar-refractivity contribution < 1.29 is 28.9 Å². The highest BCUT2D eigenvalue weighted by molar-refractivity contribution is 7.32. The average molecular weight is 348 g/mol. The fourth-order valence-corrected chi connectivity index (χ4v) is 2.63. The van der Waals surface area contributed by atoms with E-state index in [1.807, 2.05) is 13.8 Å². The van der Waals surface area contributed by atoms with Crippen molar-refractivity contribution in [3.05, 3.63) is 22.2 Å². The minimum Gasteiger partial charge on any atom is -0.387 e. The van der Waals surface area contributed by atoms with Gasteiger partial charge in [-0.1, -0.05) is 13.8 Å². The van der Waals surface area contributed by atoms with Crippen molar-refractivity contribution in [2.45, 2.75) is 44.3 Å². The number of aliphatic hydroxyl groups excluding tert-OH is 2. The molecule has 5 unspecified atom stereocenters. The van der Waals surface area contributed by atoms with E-state index in [1.54, 1.807) is 0 Å². The Bertz CT molecular complexity index is 650. The number of rotatable bonds is 5. The van der Waals surface area contributed by atoms with E-state index in [4.69, 9.17) is 15.4 Å². The number of anilines is 1. The van der Waals surface area contributed by atoms with E-state index in [9.17, 15) is 19.6 Å². The number of aliphatic hydroxyl groups is 2. The molecule has 0 spiro atoms. The summed E-state index contributed by atoms with van der Waals surface area (Å²) in [6.07, 6.45) is -3.65. The number of nitrogens with zero attached hydrogens (tertiary/aromatic N) is 2. The molecule has 128 valence electrons. The Kier molecular flexibility index (Phi) is 5.45. The molecule has 1 aliphatic heterocycles. The van der Waals surface area contributed by atoms with Gasteiger partial charge in [0.25, 0.3) is 0 Å². The first-order valence-electron chi connectivity index (χ1n) is 6.91. The SMILES string of the molecule is CC(C)c1cn(C2OC(CO[P+](=O)O)C(O)C2O)c(=O)nc1N. The molecule has 1 aromatic heterocycles. The Morgan fingerprint density at radius 2 is 2.13 bits per heavy atom. The van der Waals surface area contributed by atoms with Gasteiger partial charge in [0, 0.05) is 16.3 Å². The van der Waals surface area contributed by atoms with E-state index in [2.05, 4.69) is 9.51 Å². The predicted octanol–water partition coefficient (Wildman–Crippen LogP) is -0.766. The van der Waals surface area contributed by atoms with Crippen LogP contribution in [0.4, 0.5) is 5.82 Å². The first-order chi connectivity index (χ1) is 10.7. The molecule has 0 saturated carbocycles. The maximum atomic E-state index is 12.0. The number of hydrogen-bond donors (Lipinski definition) is 4. The molecular weight excluding hydrogens is 329 g/mol. The Balaban J connectivity index is 2.30. The van der Waals surface area contributed by atoms with Crippen molar-refractivity contribution >= 4 is 14.1 Å². The van der Waals surface area contributed by atoms with Crippen molar-refractivity contribution in [1.29, 1.82) is 0 Å². The van der Waals surface area contributed by atoms with Crippen LogP contribution in [0.3, 0.4) is 0 Å². The molecule has 5 atom stereocenters. The molecule has 10 nitrogen and oxygen atoms in total. The minimum atomic E-state index is -2.86. The van der Waals surface area contributed by atoms with Crippen LogP contribution in [-0.4, -0.2) is 49.6 Å². The number of hydrogen-bond acceptors (Lipinski definition) is 8. The zero-order chi connectivity index (χ0) is 17.3. The first kappa shape index (κ1) is 17.9. The number of ether oxygens (including phenoxy) is 1. The molecule has 11 heteroatoms. The van der Waals surface area contributed by atoms with Crippen LogP contribution in [0.25, 0.3) is 0 Å². The molecule has 0 aliphatic carbocycles. The van der Waals surface area contributed by atoms with Gasteiger partial charge in [0.2, 0.25) is 0 Å². The minimum absolute atomic E-state index is 0.0182. The van der Waals surface area contributed by atoms with Crippen LogP contribution in [0.15, 0.2) is 11.0 Å². The number of nitrogen functional groups attached to an aromatic ring is 1. The second-order valence-corrected chi connectivity index (χ2v) is 6.24. The van der Waals surface area contributed by atoms with Crippen LogP contribution in [-0.2, 0) is 13.8 Å². The van der Waals surface area contributed by atoms with Gasteiger partial charge in [-0.15, -0.1) is 9.42 Å². The fourth-order valence-electron chi connectivity index (χ4n) is 2.36. The van der Waals surface area contributed by atoms with Crippen molar-refractivity contribution in [2.24, 2.45) is 0 Å². The summed E-state index contributed by atoms with van der Waals surface area (Å²) >= 11 is 0. The Labute approximate surface area is 132 Å². The highest BCUT2D eigenvalue weighted by Gasteiger charge is 2.45. The van der Waals surface area contributed by atoms with Gasteiger partial charge in [0.05, 0.1) is 0 Å². The molecule has 2 heterocycles. The lowest BCUT2D eigenvalue weighted by Gasteiger charge is -2.19. The van der Waals surface area contributed by atoms with E-state index in [0.717, 1.165) is 4.57 Å². The first-order valence-corrected chi connectivity index (χ1v) is 8.04. The summed E-state index contributed by atoms with van der Waals surface area (Å²) in [5, 5.41) is 20.0. The number of aromatic nitrogens is 2. The van der Waals surface area contributed by atoms with Gasteiger partial charge in [-0.05, 0) is 5.92 Å². The van der Waals surface area contributed by atoms with Gasteiger partial charge < -0.3 is 20.7 Å². The maximum absolute atomic E-state index is 12.0. The summed E-state index contributed by atoms with van der Waals surface area (Å²) in [7, 11) is -2.86. The van der Waals surface area contributed by atoms with Crippen LogP contribution in [0.5, 0.6) is 0 Å². The van der Waals surface area contributed by atoms with Gasteiger partial charge in [-0.3, -0.25) is 4.57 Å².